The van der Waals surface area contributed by atoms with Crippen molar-refractivity contribution in [3.05, 3.63) is 178 Å². The van der Waals surface area contributed by atoms with Crippen molar-refractivity contribution in [3.8, 4) is 123 Å². The summed E-state index contributed by atoms with van der Waals surface area (Å²) in [6, 6.07) is 60.8. The van der Waals surface area contributed by atoms with Crippen molar-refractivity contribution < 1.29 is 13.9 Å². The zero-order valence-electron chi connectivity index (χ0n) is 57.5. The highest BCUT2D eigenvalue weighted by atomic mass is 32.1. The maximum Gasteiger partial charge on any atom is 0.144 e. The van der Waals surface area contributed by atoms with Gasteiger partial charge in [-0.25, -0.2) is 13.9 Å². The summed E-state index contributed by atoms with van der Waals surface area (Å²) in [7, 11) is 0. The van der Waals surface area contributed by atoms with Crippen molar-refractivity contribution in [2.24, 2.45) is 0 Å². The highest BCUT2D eigenvalue weighted by Gasteiger charge is 2.24. The van der Waals surface area contributed by atoms with Crippen LogP contribution in [0.25, 0.3) is 156 Å². The van der Waals surface area contributed by atoms with Crippen molar-refractivity contribution in [2.45, 2.75) is 156 Å². The van der Waals surface area contributed by atoms with E-state index in [-0.39, 0.29) is 0 Å². The van der Waals surface area contributed by atoms with Crippen LogP contribution in [0.1, 0.15) is 151 Å². The Morgan fingerprint density at radius 3 is 0.657 bits per heavy atom. The summed E-state index contributed by atoms with van der Waals surface area (Å²) in [6.45, 7) is 6.84. The van der Waals surface area contributed by atoms with Crippen LogP contribution < -0.4 is 0 Å². The Labute approximate surface area is 631 Å². The Hall–Kier alpha value is -7.62. The normalized spacial score (nSPS) is 11.9. The molecular weight excluding hydrogens is 1430 g/mol. The third-order valence-electron chi connectivity index (χ3n) is 19.3. The molecule has 0 unspecified atom stereocenters. The fraction of sp³-hybridized carbons (Fsp3) is 0.286. The molecule has 0 radical (unpaired) electrons. The van der Waals surface area contributed by atoms with Crippen LogP contribution in [0, 0.1) is 0 Å². The lowest BCUT2D eigenvalue weighted by atomic mass is 10.0. The third-order valence-corrected chi connectivity index (χ3v) is 30.2. The van der Waals surface area contributed by atoms with Crippen molar-refractivity contribution in [1.82, 2.24) is 30.9 Å². The van der Waals surface area contributed by atoms with E-state index in [1.165, 1.54) is 159 Å². The van der Waals surface area contributed by atoms with Crippen LogP contribution in [-0.2, 0) is 19.3 Å². The number of fused-ring (bicyclic) bond motifs is 3. The first-order valence-corrected chi connectivity index (χ1v) is 43.6. The summed E-state index contributed by atoms with van der Waals surface area (Å²) in [5.74, 6) is 0. The van der Waals surface area contributed by atoms with Gasteiger partial charge in [0.25, 0.3) is 0 Å². The van der Waals surface area contributed by atoms with E-state index in [0.717, 1.165) is 146 Å². The number of benzene rings is 4. The van der Waals surface area contributed by atoms with E-state index in [9.17, 15) is 0 Å². The van der Waals surface area contributed by atoms with Crippen LogP contribution >= 0.6 is 102 Å². The summed E-state index contributed by atoms with van der Waals surface area (Å²) < 4.78 is 16.8. The van der Waals surface area contributed by atoms with Crippen molar-refractivity contribution in [1.29, 1.82) is 0 Å². The van der Waals surface area contributed by atoms with E-state index in [4.69, 9.17) is 13.9 Å². The molecule has 9 nitrogen and oxygen atoms in total. The lowest BCUT2D eigenvalue weighted by Gasteiger charge is -2.08. The number of aromatic nitrogens is 6. The van der Waals surface area contributed by atoms with Gasteiger partial charge in [-0.15, -0.1) is 102 Å². The van der Waals surface area contributed by atoms with Gasteiger partial charge in [-0.3, -0.25) is 0 Å². The molecule has 16 aromatic rings. The smallest absolute Gasteiger partial charge is 0.144 e. The second kappa shape index (κ2) is 32.2. The fourth-order valence-electron chi connectivity index (χ4n) is 13.8. The molecule has 0 atom stereocenters. The molecule has 4 aromatic carbocycles. The molecule has 16 rings (SSSR count). The predicted molar refractivity (Wildman–Crippen MR) is 440 cm³/mol. The molecule has 0 aliphatic carbocycles. The molecule has 0 saturated heterocycles. The molecule has 516 valence electrons. The van der Waals surface area contributed by atoms with Crippen molar-refractivity contribution in [3.63, 3.8) is 0 Å². The molecular formula is C84H78N6O3S9. The second-order valence-corrected chi connectivity index (χ2v) is 36.5. The van der Waals surface area contributed by atoms with Gasteiger partial charge in [0.2, 0.25) is 0 Å². The minimum absolute atomic E-state index is 0.755. The first kappa shape index (κ1) is 68.8. The SMILES string of the molecule is CCCCCCCCc1ccc(-c2ccc(-c3ccc(-c4ccc(-c5cc(-c6ccc(-c7ccc(-c8ccc(-c9ccc(CCCCCCCC)s9)s8)c8nonc78)s6)cc(-c6ccc(-c7ccc(-c8ccc(-c9ccc(CCCCCCCC)s9)s8)c8nonc78)s6)c5)s4)c4nonc34)s2)s1. The highest BCUT2D eigenvalue weighted by molar-refractivity contribution is 7.25. The van der Waals surface area contributed by atoms with Crippen LogP contribution in [0.15, 0.2) is 178 Å². The highest BCUT2D eigenvalue weighted by Crippen LogP contribution is 2.50. The Morgan fingerprint density at radius 2 is 0.402 bits per heavy atom. The first-order chi connectivity index (χ1) is 50.4. The van der Waals surface area contributed by atoms with Gasteiger partial charge in [-0.1, -0.05) is 153 Å². The summed E-state index contributed by atoms with van der Waals surface area (Å²) in [6.07, 6.45) is 27.0. The summed E-state index contributed by atoms with van der Waals surface area (Å²) >= 11 is 16.5. The maximum atomic E-state index is 5.59. The van der Waals surface area contributed by atoms with E-state index in [0.29, 0.717) is 0 Å². The molecule has 0 spiro atoms. The third kappa shape index (κ3) is 15.1. The van der Waals surface area contributed by atoms with Crippen LogP contribution in [-0.4, -0.2) is 30.9 Å². The van der Waals surface area contributed by atoms with Crippen LogP contribution in [0.3, 0.4) is 0 Å². The zero-order valence-corrected chi connectivity index (χ0v) is 64.9. The van der Waals surface area contributed by atoms with E-state index in [1.807, 2.05) is 34.0 Å². The largest absolute Gasteiger partial charge is 0.243 e. The summed E-state index contributed by atoms with van der Waals surface area (Å²) in [4.78, 5) is 22.3. The standard InChI is InChI=1S/C84H78N6O3S9/c1-4-7-10-13-16-19-22-55-25-34-73(94-55)76-46-43-70(100-76)61-31-28-58(79-82(61)88-91-85-79)67-40-37-64(97-67)52-49-53(65-38-41-68(98-65)59-29-32-62(83-80(59)86-92-89-83)71-44-47-77(101-71)74-35-26-56(95-74)23-20-17-14-11-8-5-2)51-54(50-52)66-39-42-69(99-66)60-30-33-63(84-81(60)87-93-90-84)72-45-48-78(102-72)75-36-27-57(96-75)24-21-18-15-12-9-6-3/h25-51H,4-24H2,1-3H3. The lowest BCUT2D eigenvalue weighted by molar-refractivity contribution is 0.315. The van der Waals surface area contributed by atoms with Gasteiger partial charge >= 0.3 is 0 Å². The van der Waals surface area contributed by atoms with Crippen LogP contribution in [0.2, 0.25) is 0 Å². The van der Waals surface area contributed by atoms with Crippen LogP contribution in [0.4, 0.5) is 0 Å². The minimum Gasteiger partial charge on any atom is -0.243 e. The van der Waals surface area contributed by atoms with Gasteiger partial charge in [-0.2, -0.15) is 0 Å². The van der Waals surface area contributed by atoms with Crippen LogP contribution in [0.5, 0.6) is 0 Å². The number of nitrogens with zero attached hydrogens (tertiary/aromatic N) is 6. The van der Waals surface area contributed by atoms with Gasteiger partial charge in [-0.05, 0) is 214 Å². The van der Waals surface area contributed by atoms with Gasteiger partial charge in [0.1, 0.15) is 33.1 Å². The molecule has 0 aliphatic heterocycles. The first-order valence-electron chi connectivity index (χ1n) is 36.2. The quantitative estimate of drug-likeness (QED) is 0.0371. The molecule has 0 aliphatic rings. The summed E-state index contributed by atoms with van der Waals surface area (Å²) in [5.41, 5.74) is 14.0. The molecule has 0 N–H and O–H groups in total. The predicted octanol–water partition coefficient (Wildman–Crippen LogP) is 29.6. The maximum absolute atomic E-state index is 5.59. The summed E-state index contributed by atoms with van der Waals surface area (Å²) in [5, 5.41) is 27.4. The topological polar surface area (TPSA) is 117 Å². The van der Waals surface area contributed by atoms with Gasteiger partial charge in [0.15, 0.2) is 0 Å². The number of hydrogen-bond donors (Lipinski definition) is 0. The van der Waals surface area contributed by atoms with E-state index in [1.54, 1.807) is 68.0 Å². The number of thiophene rings is 9. The Morgan fingerprint density at radius 1 is 0.206 bits per heavy atom. The minimum atomic E-state index is 0.755. The van der Waals surface area contributed by atoms with E-state index < -0.39 is 0 Å². The fourth-order valence-corrected chi connectivity index (χ4v) is 23.4. The molecule has 18 heteroatoms. The molecule has 0 bridgehead atoms. The monoisotopic (exact) mass is 1510 g/mol. The lowest BCUT2D eigenvalue weighted by Crippen LogP contribution is -1.82. The molecule has 102 heavy (non-hydrogen) atoms. The average Bonchev–Trinajstić information content (AvgIpc) is 1.61. The molecule has 0 fully saturated rings. The van der Waals surface area contributed by atoms with Crippen molar-refractivity contribution >= 4 is 135 Å². The number of aryl methyl sites for hydroxylation is 3. The Kier molecular flexibility index (Phi) is 21.7. The molecule has 12 aromatic heterocycles. The van der Waals surface area contributed by atoms with Crippen molar-refractivity contribution in [2.75, 3.05) is 0 Å². The average molecular weight is 1510 g/mol. The van der Waals surface area contributed by atoms with E-state index >= 15 is 0 Å². The number of rotatable bonds is 33. The number of unbranched alkanes of at least 4 members (excludes halogenated alkanes) is 15. The van der Waals surface area contributed by atoms with Gasteiger partial charge in [0, 0.05) is 121 Å². The molecule has 0 amide bonds. The second-order valence-electron chi connectivity index (χ2n) is 26.5. The molecule has 0 saturated carbocycles. The zero-order chi connectivity index (χ0) is 68.7. The Bertz CT molecular complexity index is 4930. The van der Waals surface area contributed by atoms with Gasteiger partial charge in [0.05, 0.1) is 0 Å². The van der Waals surface area contributed by atoms with E-state index in [2.05, 4.69) is 216 Å². The Balaban J connectivity index is 0.687. The van der Waals surface area contributed by atoms with Gasteiger partial charge < -0.3 is 0 Å². The molecule has 12 heterocycles. The number of hydrogen-bond acceptors (Lipinski definition) is 18.